The van der Waals surface area contributed by atoms with Crippen molar-refractivity contribution in [2.75, 3.05) is 18.5 Å². The molecule has 3 heterocycles. The van der Waals surface area contributed by atoms with Crippen LogP contribution in [-0.2, 0) is 6.54 Å². The number of fused-ring (bicyclic) bond motifs is 2. The Morgan fingerprint density at radius 2 is 1.97 bits per heavy atom. The number of hydrogen-bond donors (Lipinski definition) is 2. The van der Waals surface area contributed by atoms with Crippen LogP contribution in [0.1, 0.15) is 56.3 Å². The van der Waals surface area contributed by atoms with E-state index in [1.54, 1.807) is 6.20 Å². The minimum absolute atomic E-state index is 0.181. The molecule has 180 valence electrons. The molecule has 8 heteroatoms. The largest absolute Gasteiger partial charge is 0.486 e. The van der Waals surface area contributed by atoms with Crippen molar-refractivity contribution in [2.45, 2.75) is 64.6 Å². The molecule has 1 aromatic carbocycles. The van der Waals surface area contributed by atoms with Gasteiger partial charge in [-0.15, -0.1) is 0 Å². The van der Waals surface area contributed by atoms with E-state index < -0.39 is 0 Å². The SMILES string of the molecule is CCn1ncc2c(N[C@H](C)C3CCCCC3)c(C(=O)NCC3COc4ccccc4O3)cnc21. The van der Waals surface area contributed by atoms with Gasteiger partial charge in [0.25, 0.3) is 5.91 Å². The number of ether oxygens (including phenoxy) is 2. The minimum atomic E-state index is -0.254. The van der Waals surface area contributed by atoms with Gasteiger partial charge in [0.1, 0.15) is 12.7 Å². The van der Waals surface area contributed by atoms with E-state index in [4.69, 9.17) is 9.47 Å². The van der Waals surface area contributed by atoms with Crippen molar-refractivity contribution in [3.8, 4) is 11.5 Å². The van der Waals surface area contributed by atoms with Gasteiger partial charge in [0.05, 0.1) is 29.4 Å². The highest BCUT2D eigenvalue weighted by molar-refractivity contribution is 6.06. The summed E-state index contributed by atoms with van der Waals surface area (Å²) in [6.07, 6.45) is 9.53. The number of para-hydroxylation sites is 2. The van der Waals surface area contributed by atoms with Gasteiger partial charge in [0.15, 0.2) is 17.1 Å². The normalized spacial score (nSPS) is 19.1. The summed E-state index contributed by atoms with van der Waals surface area (Å²) in [5.74, 6) is 1.85. The summed E-state index contributed by atoms with van der Waals surface area (Å²) in [6.45, 7) is 5.72. The maximum absolute atomic E-state index is 13.3. The number of anilines is 1. The Hall–Kier alpha value is -3.29. The fourth-order valence-electron chi connectivity index (χ4n) is 5.03. The Bertz CT molecular complexity index is 1150. The zero-order chi connectivity index (χ0) is 23.5. The second kappa shape index (κ2) is 9.91. The maximum atomic E-state index is 13.3. The van der Waals surface area contributed by atoms with E-state index in [0.717, 1.165) is 29.0 Å². The fraction of sp³-hybridized carbons (Fsp3) is 0.500. The molecule has 5 rings (SSSR count). The molecule has 1 saturated carbocycles. The van der Waals surface area contributed by atoms with Gasteiger partial charge in [0, 0.05) is 18.8 Å². The molecular formula is C26H33N5O3. The first-order valence-corrected chi connectivity index (χ1v) is 12.4. The van der Waals surface area contributed by atoms with Crippen molar-refractivity contribution in [1.29, 1.82) is 0 Å². The van der Waals surface area contributed by atoms with Crippen molar-refractivity contribution in [1.82, 2.24) is 20.1 Å². The van der Waals surface area contributed by atoms with E-state index >= 15 is 0 Å². The van der Waals surface area contributed by atoms with Gasteiger partial charge in [-0.3, -0.25) is 4.79 Å². The molecular weight excluding hydrogens is 430 g/mol. The lowest BCUT2D eigenvalue weighted by molar-refractivity contribution is 0.0789. The fourth-order valence-corrected chi connectivity index (χ4v) is 5.03. The van der Waals surface area contributed by atoms with Crippen LogP contribution in [0, 0.1) is 5.92 Å². The molecule has 0 radical (unpaired) electrons. The number of amides is 1. The Morgan fingerprint density at radius 3 is 2.76 bits per heavy atom. The molecule has 1 fully saturated rings. The molecule has 3 aromatic rings. The van der Waals surface area contributed by atoms with Crippen LogP contribution in [0.3, 0.4) is 0 Å². The first-order valence-electron chi connectivity index (χ1n) is 12.4. The lowest BCUT2D eigenvalue weighted by Gasteiger charge is -2.30. The summed E-state index contributed by atoms with van der Waals surface area (Å²) >= 11 is 0. The van der Waals surface area contributed by atoms with Gasteiger partial charge in [-0.2, -0.15) is 5.10 Å². The third-order valence-corrected chi connectivity index (χ3v) is 7.00. The first-order chi connectivity index (χ1) is 16.6. The zero-order valence-corrected chi connectivity index (χ0v) is 19.9. The molecule has 2 aromatic heterocycles. The molecule has 0 bridgehead atoms. The van der Waals surface area contributed by atoms with Crippen LogP contribution in [0.2, 0.25) is 0 Å². The molecule has 2 aliphatic rings. The molecule has 34 heavy (non-hydrogen) atoms. The van der Waals surface area contributed by atoms with E-state index in [-0.39, 0.29) is 18.1 Å². The second-order valence-electron chi connectivity index (χ2n) is 9.28. The molecule has 0 saturated heterocycles. The highest BCUT2D eigenvalue weighted by atomic mass is 16.6. The Labute approximate surface area is 200 Å². The number of pyridine rings is 1. The van der Waals surface area contributed by atoms with Gasteiger partial charge in [-0.1, -0.05) is 31.4 Å². The lowest BCUT2D eigenvalue weighted by Crippen LogP contribution is -2.41. The first kappa shape index (κ1) is 22.5. The van der Waals surface area contributed by atoms with Crippen LogP contribution in [0.4, 0.5) is 5.69 Å². The Morgan fingerprint density at radius 1 is 1.18 bits per heavy atom. The molecule has 0 spiro atoms. The number of rotatable bonds is 7. The van der Waals surface area contributed by atoms with E-state index in [9.17, 15) is 4.79 Å². The van der Waals surface area contributed by atoms with E-state index in [0.29, 0.717) is 30.4 Å². The number of nitrogens with one attached hydrogen (secondary N) is 2. The summed E-state index contributed by atoms with van der Waals surface area (Å²) in [5, 5.41) is 12.1. The number of benzene rings is 1. The smallest absolute Gasteiger partial charge is 0.255 e. The quantitative estimate of drug-likeness (QED) is 0.540. The maximum Gasteiger partial charge on any atom is 0.255 e. The molecule has 1 unspecified atom stereocenters. The van der Waals surface area contributed by atoms with Gasteiger partial charge >= 0.3 is 0 Å². The molecule has 8 nitrogen and oxygen atoms in total. The highest BCUT2D eigenvalue weighted by Gasteiger charge is 2.26. The average Bonchev–Trinajstić information content (AvgIpc) is 3.31. The predicted octanol–water partition coefficient (Wildman–Crippen LogP) is 4.40. The van der Waals surface area contributed by atoms with Crippen LogP contribution >= 0.6 is 0 Å². The van der Waals surface area contributed by atoms with Gasteiger partial charge in [0.2, 0.25) is 0 Å². The minimum Gasteiger partial charge on any atom is -0.486 e. The van der Waals surface area contributed by atoms with E-state index in [1.807, 2.05) is 42.1 Å². The monoisotopic (exact) mass is 463 g/mol. The third-order valence-electron chi connectivity index (χ3n) is 7.00. The predicted molar refractivity (Wildman–Crippen MR) is 132 cm³/mol. The van der Waals surface area contributed by atoms with Gasteiger partial charge in [-0.05, 0) is 44.7 Å². The number of carbonyl (C=O) groups is 1. The zero-order valence-electron chi connectivity index (χ0n) is 19.9. The number of nitrogens with zero attached hydrogens (tertiary/aromatic N) is 3. The topological polar surface area (TPSA) is 90.3 Å². The molecule has 2 atom stereocenters. The van der Waals surface area contributed by atoms with Crippen LogP contribution in [-0.4, -0.2) is 46.0 Å². The Kier molecular flexibility index (Phi) is 6.56. The number of carbonyl (C=O) groups excluding carboxylic acids is 1. The van der Waals surface area contributed by atoms with Crippen molar-refractivity contribution >= 4 is 22.6 Å². The Balaban J connectivity index is 1.35. The van der Waals surface area contributed by atoms with Crippen LogP contribution in [0.25, 0.3) is 11.0 Å². The number of aryl methyl sites for hydroxylation is 1. The van der Waals surface area contributed by atoms with Crippen LogP contribution in [0.5, 0.6) is 11.5 Å². The third kappa shape index (κ3) is 4.54. The van der Waals surface area contributed by atoms with Crippen molar-refractivity contribution in [3.63, 3.8) is 0 Å². The molecule has 1 aliphatic heterocycles. The summed E-state index contributed by atoms with van der Waals surface area (Å²) in [4.78, 5) is 17.9. The standard InChI is InChI=1S/C26H33N5O3/c1-3-31-25-20(15-29-31)24(30-17(2)18-9-5-4-6-10-18)21(14-27-25)26(32)28-13-19-16-33-22-11-7-8-12-23(22)34-19/h7-8,11-12,14-15,17-19H,3-6,9-10,13,16H2,1-2H3,(H,27,30)(H,28,32)/t17-,19?/m1/s1. The highest BCUT2D eigenvalue weighted by Crippen LogP contribution is 2.33. The second-order valence-corrected chi connectivity index (χ2v) is 9.28. The molecule has 1 aliphatic carbocycles. The summed E-state index contributed by atoms with van der Waals surface area (Å²) in [5.41, 5.74) is 2.13. The summed E-state index contributed by atoms with van der Waals surface area (Å²) in [6, 6.07) is 7.84. The van der Waals surface area contributed by atoms with Crippen molar-refractivity contribution in [3.05, 3.63) is 42.2 Å². The van der Waals surface area contributed by atoms with Crippen molar-refractivity contribution < 1.29 is 14.3 Å². The van der Waals surface area contributed by atoms with Crippen molar-refractivity contribution in [2.24, 2.45) is 5.92 Å². The van der Waals surface area contributed by atoms with Gasteiger partial charge in [-0.25, -0.2) is 9.67 Å². The molecule has 1 amide bonds. The van der Waals surface area contributed by atoms with Crippen LogP contribution in [0.15, 0.2) is 36.7 Å². The van der Waals surface area contributed by atoms with Crippen LogP contribution < -0.4 is 20.1 Å². The van der Waals surface area contributed by atoms with Gasteiger partial charge < -0.3 is 20.1 Å². The van der Waals surface area contributed by atoms with E-state index in [2.05, 4.69) is 27.6 Å². The summed E-state index contributed by atoms with van der Waals surface area (Å²) in [7, 11) is 0. The number of aromatic nitrogens is 3. The lowest BCUT2D eigenvalue weighted by atomic mass is 9.84. The average molecular weight is 464 g/mol. The number of hydrogen-bond acceptors (Lipinski definition) is 6. The van der Waals surface area contributed by atoms with E-state index in [1.165, 1.54) is 32.1 Å². The summed E-state index contributed by atoms with van der Waals surface area (Å²) < 4.78 is 13.6. The molecule has 2 N–H and O–H groups in total.